The van der Waals surface area contributed by atoms with Crippen LogP contribution in [0.5, 0.6) is 0 Å². The number of halogens is 1. The van der Waals surface area contributed by atoms with Crippen LogP contribution in [0, 0.1) is 17.8 Å². The second-order valence-corrected chi connectivity index (χ2v) is 7.35. The summed E-state index contributed by atoms with van der Waals surface area (Å²) in [7, 11) is 0. The van der Waals surface area contributed by atoms with Gasteiger partial charge in [0.05, 0.1) is 5.92 Å². The van der Waals surface area contributed by atoms with Gasteiger partial charge in [0.25, 0.3) is 5.91 Å². The lowest BCUT2D eigenvalue weighted by atomic mass is 9.67. The SMILES string of the molecule is O=C(COC(=O)C1C[C@H]2CCC[C@H](C1)C2=O)NCc1cccc(Cl)c1. The zero-order valence-corrected chi connectivity index (χ0v) is 14.8. The summed E-state index contributed by atoms with van der Waals surface area (Å²) < 4.78 is 5.17. The van der Waals surface area contributed by atoms with Crippen molar-refractivity contribution in [2.24, 2.45) is 17.8 Å². The number of hydrogen-bond acceptors (Lipinski definition) is 4. The molecule has 2 bridgehead atoms. The zero-order chi connectivity index (χ0) is 17.8. The Hall–Kier alpha value is -1.88. The summed E-state index contributed by atoms with van der Waals surface area (Å²) in [6.45, 7) is 0.0399. The minimum absolute atomic E-state index is 0.00158. The van der Waals surface area contributed by atoms with E-state index in [1.165, 1.54) is 0 Å². The smallest absolute Gasteiger partial charge is 0.309 e. The van der Waals surface area contributed by atoms with Gasteiger partial charge in [0.1, 0.15) is 5.78 Å². The van der Waals surface area contributed by atoms with Gasteiger partial charge < -0.3 is 10.1 Å². The van der Waals surface area contributed by atoms with Crippen molar-refractivity contribution < 1.29 is 19.1 Å². The molecule has 2 aliphatic carbocycles. The van der Waals surface area contributed by atoms with Gasteiger partial charge in [0, 0.05) is 23.4 Å². The van der Waals surface area contributed by atoms with Crippen LogP contribution in [0.2, 0.25) is 5.02 Å². The molecule has 5 nitrogen and oxygen atoms in total. The fourth-order valence-electron chi connectivity index (χ4n) is 3.83. The molecular formula is C19H22ClNO4. The molecule has 0 aliphatic heterocycles. The average Bonchev–Trinajstić information content (AvgIpc) is 2.57. The second-order valence-electron chi connectivity index (χ2n) is 6.91. The number of Topliss-reactive ketones (excluding diaryl/α,β-unsaturated/α-hetero) is 1. The predicted octanol–water partition coefficient (Wildman–Crippen LogP) is 2.89. The summed E-state index contributed by atoms with van der Waals surface area (Å²) in [6.07, 6.45) is 3.95. The van der Waals surface area contributed by atoms with Gasteiger partial charge in [-0.05, 0) is 43.4 Å². The summed E-state index contributed by atoms with van der Waals surface area (Å²) in [5.41, 5.74) is 0.880. The van der Waals surface area contributed by atoms with E-state index in [4.69, 9.17) is 16.3 Å². The summed E-state index contributed by atoms with van der Waals surface area (Å²) in [5.74, 6) is -0.644. The molecule has 1 N–H and O–H groups in total. The van der Waals surface area contributed by atoms with Crippen molar-refractivity contribution in [3.05, 3.63) is 34.9 Å². The van der Waals surface area contributed by atoms with Crippen LogP contribution in [-0.4, -0.2) is 24.3 Å². The van der Waals surface area contributed by atoms with Gasteiger partial charge in [-0.2, -0.15) is 0 Å². The molecule has 1 aromatic carbocycles. The molecule has 25 heavy (non-hydrogen) atoms. The van der Waals surface area contributed by atoms with Crippen molar-refractivity contribution in [3.8, 4) is 0 Å². The van der Waals surface area contributed by atoms with Crippen molar-refractivity contribution in [2.75, 3.05) is 6.61 Å². The predicted molar refractivity (Wildman–Crippen MR) is 92.8 cm³/mol. The Morgan fingerprint density at radius 1 is 1.20 bits per heavy atom. The lowest BCUT2D eigenvalue weighted by Crippen LogP contribution is -2.40. The van der Waals surface area contributed by atoms with E-state index < -0.39 is 0 Å². The second kappa shape index (κ2) is 8.00. The monoisotopic (exact) mass is 363 g/mol. The van der Waals surface area contributed by atoms with E-state index in [9.17, 15) is 14.4 Å². The molecule has 0 saturated heterocycles. The molecule has 134 valence electrons. The van der Waals surface area contributed by atoms with Gasteiger partial charge >= 0.3 is 5.97 Å². The zero-order valence-electron chi connectivity index (χ0n) is 14.0. The summed E-state index contributed by atoms with van der Waals surface area (Å²) in [5, 5.41) is 3.31. The first-order valence-electron chi connectivity index (χ1n) is 8.74. The molecule has 2 saturated carbocycles. The Balaban J connectivity index is 1.43. The molecule has 2 aliphatic rings. The van der Waals surface area contributed by atoms with Crippen LogP contribution in [0.25, 0.3) is 0 Å². The maximum absolute atomic E-state index is 12.2. The fourth-order valence-corrected chi connectivity index (χ4v) is 4.04. The molecule has 0 unspecified atom stereocenters. The maximum atomic E-state index is 12.2. The molecule has 0 heterocycles. The van der Waals surface area contributed by atoms with Crippen LogP contribution < -0.4 is 5.32 Å². The van der Waals surface area contributed by atoms with E-state index in [1.54, 1.807) is 12.1 Å². The van der Waals surface area contributed by atoms with Gasteiger partial charge in [-0.1, -0.05) is 30.2 Å². The number of hydrogen-bond donors (Lipinski definition) is 1. The number of esters is 1. The third-order valence-corrected chi connectivity index (χ3v) is 5.34. The van der Waals surface area contributed by atoms with Crippen molar-refractivity contribution in [1.29, 1.82) is 0 Å². The molecule has 2 atom stereocenters. The van der Waals surface area contributed by atoms with E-state index in [2.05, 4.69) is 5.32 Å². The van der Waals surface area contributed by atoms with Gasteiger partial charge in [-0.15, -0.1) is 0 Å². The van der Waals surface area contributed by atoms with Crippen molar-refractivity contribution in [2.45, 2.75) is 38.6 Å². The Bertz CT molecular complexity index is 659. The molecule has 6 heteroatoms. The first-order chi connectivity index (χ1) is 12.0. The molecule has 0 radical (unpaired) electrons. The van der Waals surface area contributed by atoms with Crippen LogP contribution in [-0.2, 0) is 25.7 Å². The Morgan fingerprint density at radius 2 is 1.92 bits per heavy atom. The van der Waals surface area contributed by atoms with E-state index >= 15 is 0 Å². The number of benzene rings is 1. The quantitative estimate of drug-likeness (QED) is 0.816. The Morgan fingerprint density at radius 3 is 2.60 bits per heavy atom. The Labute approximate surface area is 152 Å². The van der Waals surface area contributed by atoms with Crippen molar-refractivity contribution in [3.63, 3.8) is 0 Å². The number of carbonyl (C=O) groups is 3. The standard InChI is InChI=1S/C19H22ClNO4/c20-16-6-1-3-12(7-16)10-21-17(22)11-25-19(24)15-8-13-4-2-5-14(9-15)18(13)23/h1,3,6-7,13-15H,2,4-5,8-11H2,(H,21,22)/t13-,14-/m1/s1. The number of rotatable bonds is 5. The van der Waals surface area contributed by atoms with E-state index in [-0.39, 0.29) is 36.2 Å². The molecule has 3 rings (SSSR count). The fraction of sp³-hybridized carbons (Fsp3) is 0.526. The number of ketones is 1. The maximum Gasteiger partial charge on any atom is 0.309 e. The van der Waals surface area contributed by atoms with Crippen LogP contribution in [0.1, 0.15) is 37.7 Å². The third kappa shape index (κ3) is 4.60. The van der Waals surface area contributed by atoms with Gasteiger partial charge in [-0.3, -0.25) is 14.4 Å². The number of amides is 1. The van der Waals surface area contributed by atoms with Gasteiger partial charge in [-0.25, -0.2) is 0 Å². The van der Waals surface area contributed by atoms with Crippen LogP contribution in [0.15, 0.2) is 24.3 Å². The van der Waals surface area contributed by atoms with Crippen LogP contribution >= 0.6 is 11.6 Å². The highest BCUT2D eigenvalue weighted by Gasteiger charge is 2.41. The number of nitrogens with one attached hydrogen (secondary N) is 1. The lowest BCUT2D eigenvalue weighted by Gasteiger charge is -2.36. The highest BCUT2D eigenvalue weighted by Crippen LogP contribution is 2.40. The van der Waals surface area contributed by atoms with E-state index in [1.807, 2.05) is 12.1 Å². The van der Waals surface area contributed by atoms with E-state index in [0.717, 1.165) is 24.8 Å². The third-order valence-electron chi connectivity index (χ3n) is 5.11. The molecule has 1 amide bonds. The first kappa shape index (κ1) is 17.9. The van der Waals surface area contributed by atoms with Crippen molar-refractivity contribution in [1.82, 2.24) is 5.32 Å². The normalized spacial score (nSPS) is 25.3. The molecule has 0 spiro atoms. The van der Waals surface area contributed by atoms with Crippen molar-refractivity contribution >= 4 is 29.3 Å². The topological polar surface area (TPSA) is 72.5 Å². The molecule has 2 fully saturated rings. The highest BCUT2D eigenvalue weighted by atomic mass is 35.5. The molecular weight excluding hydrogens is 342 g/mol. The molecule has 1 aromatic rings. The average molecular weight is 364 g/mol. The number of fused-ring (bicyclic) bond motifs is 2. The van der Waals surface area contributed by atoms with Gasteiger partial charge in [0.15, 0.2) is 6.61 Å². The van der Waals surface area contributed by atoms with Crippen LogP contribution in [0.3, 0.4) is 0 Å². The minimum atomic E-state index is -0.359. The van der Waals surface area contributed by atoms with E-state index in [0.29, 0.717) is 30.2 Å². The molecule has 0 aromatic heterocycles. The number of ether oxygens (including phenoxy) is 1. The largest absolute Gasteiger partial charge is 0.455 e. The minimum Gasteiger partial charge on any atom is -0.455 e. The summed E-state index contributed by atoms with van der Waals surface area (Å²) >= 11 is 5.89. The number of carbonyl (C=O) groups excluding carboxylic acids is 3. The first-order valence-corrected chi connectivity index (χ1v) is 9.12. The summed E-state index contributed by atoms with van der Waals surface area (Å²) in [4.78, 5) is 36.1. The summed E-state index contributed by atoms with van der Waals surface area (Å²) in [6, 6.07) is 7.20. The lowest BCUT2D eigenvalue weighted by molar-refractivity contribution is -0.156. The van der Waals surface area contributed by atoms with Crippen LogP contribution in [0.4, 0.5) is 0 Å². The van der Waals surface area contributed by atoms with Gasteiger partial charge in [0.2, 0.25) is 0 Å². The highest BCUT2D eigenvalue weighted by molar-refractivity contribution is 6.30. The Kier molecular flexibility index (Phi) is 5.74.